The van der Waals surface area contributed by atoms with Gasteiger partial charge >= 0.3 is 0 Å². The number of ether oxygens (including phenoxy) is 1. The first-order chi connectivity index (χ1) is 16.6. The van der Waals surface area contributed by atoms with E-state index in [0.29, 0.717) is 19.5 Å². The van der Waals surface area contributed by atoms with Crippen LogP contribution in [0.3, 0.4) is 0 Å². The van der Waals surface area contributed by atoms with Crippen molar-refractivity contribution < 1.29 is 24.2 Å². The topological polar surface area (TPSA) is 90.4 Å². The van der Waals surface area contributed by atoms with Gasteiger partial charge in [0.25, 0.3) is 0 Å². The molecule has 4 aliphatic rings. The van der Waals surface area contributed by atoms with Crippen molar-refractivity contribution in [3.63, 3.8) is 0 Å². The summed E-state index contributed by atoms with van der Waals surface area (Å²) in [5, 5.41) is 10.3. The molecule has 2 unspecified atom stereocenters. The molecule has 4 aliphatic heterocycles. The highest BCUT2D eigenvalue weighted by atomic mass is 16.5. The number of aliphatic hydroxyl groups excluding tert-OH is 1. The number of likely N-dealkylation sites (N-methyl/N-ethyl adjacent to an activating group) is 1. The van der Waals surface area contributed by atoms with Crippen LogP contribution in [0.25, 0.3) is 0 Å². The van der Waals surface area contributed by atoms with Crippen LogP contribution >= 0.6 is 0 Å². The fraction of sp³-hybridized carbons (Fsp3) is 0.741. The molecule has 0 aromatic heterocycles. The van der Waals surface area contributed by atoms with E-state index < -0.39 is 35.1 Å². The molecule has 0 aromatic carbocycles. The molecule has 8 nitrogen and oxygen atoms in total. The van der Waals surface area contributed by atoms with Crippen molar-refractivity contribution >= 4 is 17.7 Å². The minimum Gasteiger partial charge on any atom is -0.394 e. The van der Waals surface area contributed by atoms with Crippen molar-refractivity contribution in [2.75, 3.05) is 26.7 Å². The normalized spacial score (nSPS) is 36.3. The van der Waals surface area contributed by atoms with Crippen molar-refractivity contribution in [2.45, 2.75) is 83.2 Å². The fourth-order valence-corrected chi connectivity index (χ4v) is 6.79. The van der Waals surface area contributed by atoms with Crippen LogP contribution in [0.5, 0.6) is 0 Å². The van der Waals surface area contributed by atoms with Gasteiger partial charge in [0.2, 0.25) is 17.7 Å². The molecular formula is C27H41N3O5. The number of likely N-dealkylation sites (tertiary alicyclic amines) is 1. The van der Waals surface area contributed by atoms with E-state index in [1.807, 2.05) is 56.9 Å². The maximum Gasteiger partial charge on any atom is 0.249 e. The summed E-state index contributed by atoms with van der Waals surface area (Å²) in [4.78, 5) is 47.4. The smallest absolute Gasteiger partial charge is 0.249 e. The predicted octanol–water partition coefficient (Wildman–Crippen LogP) is 1.98. The van der Waals surface area contributed by atoms with E-state index in [2.05, 4.69) is 6.92 Å². The van der Waals surface area contributed by atoms with Gasteiger partial charge in [0.1, 0.15) is 11.6 Å². The lowest BCUT2D eigenvalue weighted by atomic mass is 9.73. The van der Waals surface area contributed by atoms with E-state index in [0.717, 1.165) is 12.8 Å². The molecule has 194 valence electrons. The number of hydrogen-bond donors (Lipinski definition) is 1. The SMILES string of the molecule is CCCC(C)N1CC=C[C@]23O[C@]4(CC)C=CCN(C)C(=O)[C@@H]4[C@H]2C(=O)N([C@@H](CO)C(C)C)C3C1=O. The van der Waals surface area contributed by atoms with E-state index in [9.17, 15) is 19.5 Å². The molecule has 35 heavy (non-hydrogen) atoms. The summed E-state index contributed by atoms with van der Waals surface area (Å²) >= 11 is 0. The molecule has 0 bridgehead atoms. The van der Waals surface area contributed by atoms with Gasteiger partial charge in [0, 0.05) is 26.2 Å². The lowest BCUT2D eigenvalue weighted by Crippen LogP contribution is -2.60. The average molecular weight is 488 g/mol. The quantitative estimate of drug-likeness (QED) is 0.555. The lowest BCUT2D eigenvalue weighted by molar-refractivity contribution is -0.159. The molecule has 4 heterocycles. The van der Waals surface area contributed by atoms with Crippen LogP contribution in [0.1, 0.15) is 53.9 Å². The standard InChI is InChI=1S/C27H41N3O5/c1-7-11-18(5)29-15-10-13-27-21(20-23(32)28(6)14-9-12-26(20,8-2)35-27)24(33)30(22(27)25(29)34)19(16-31)17(3)4/h9-10,12-13,17-22,31H,7-8,11,14-16H2,1-6H3/t18?,19-,20-,21-,22?,26+,27-/m0/s1. The highest BCUT2D eigenvalue weighted by molar-refractivity contribution is 6.00. The molecular weight excluding hydrogens is 446 g/mol. The Morgan fingerprint density at radius 3 is 2.31 bits per heavy atom. The molecule has 8 heteroatoms. The van der Waals surface area contributed by atoms with Crippen LogP contribution < -0.4 is 0 Å². The molecule has 4 rings (SSSR count). The van der Waals surface area contributed by atoms with Crippen molar-refractivity contribution in [1.82, 2.24) is 14.7 Å². The Morgan fingerprint density at radius 2 is 1.71 bits per heavy atom. The van der Waals surface area contributed by atoms with Gasteiger partial charge in [-0.1, -0.05) is 58.4 Å². The predicted molar refractivity (Wildman–Crippen MR) is 132 cm³/mol. The first-order valence-corrected chi connectivity index (χ1v) is 13.1. The number of nitrogens with zero attached hydrogens (tertiary/aromatic N) is 3. The Bertz CT molecular complexity index is 932. The van der Waals surface area contributed by atoms with Gasteiger partial charge in [-0.05, 0) is 25.7 Å². The van der Waals surface area contributed by atoms with Crippen LogP contribution in [0.2, 0.25) is 0 Å². The molecule has 2 saturated heterocycles. The zero-order chi connectivity index (χ0) is 25.7. The van der Waals surface area contributed by atoms with Crippen LogP contribution in [0.15, 0.2) is 24.3 Å². The molecule has 1 N–H and O–H groups in total. The minimum atomic E-state index is -1.27. The zero-order valence-corrected chi connectivity index (χ0v) is 21.9. The summed E-state index contributed by atoms with van der Waals surface area (Å²) in [6, 6.07) is -1.49. The number of amides is 3. The largest absolute Gasteiger partial charge is 0.394 e. The van der Waals surface area contributed by atoms with Gasteiger partial charge < -0.3 is 24.5 Å². The second-order valence-electron chi connectivity index (χ2n) is 11.0. The minimum absolute atomic E-state index is 0.00499. The monoisotopic (exact) mass is 487 g/mol. The van der Waals surface area contributed by atoms with Gasteiger partial charge in [-0.15, -0.1) is 0 Å². The van der Waals surface area contributed by atoms with Gasteiger partial charge in [-0.3, -0.25) is 14.4 Å². The summed E-state index contributed by atoms with van der Waals surface area (Å²) in [6.07, 6.45) is 9.98. The number of carbonyl (C=O) groups is 3. The molecule has 0 saturated carbocycles. The number of fused-ring (bicyclic) bond motifs is 2. The summed E-state index contributed by atoms with van der Waals surface area (Å²) in [6.45, 7) is 10.6. The summed E-state index contributed by atoms with van der Waals surface area (Å²) in [5.41, 5.74) is -2.23. The van der Waals surface area contributed by atoms with Crippen LogP contribution in [0, 0.1) is 17.8 Å². The highest BCUT2D eigenvalue weighted by Crippen LogP contribution is 2.59. The van der Waals surface area contributed by atoms with E-state index >= 15 is 0 Å². The van der Waals surface area contributed by atoms with Gasteiger partial charge in [-0.2, -0.15) is 0 Å². The first-order valence-electron chi connectivity index (χ1n) is 13.1. The van der Waals surface area contributed by atoms with Gasteiger partial charge in [0.05, 0.1) is 30.1 Å². The van der Waals surface area contributed by atoms with Gasteiger partial charge in [0.15, 0.2) is 0 Å². The second-order valence-corrected chi connectivity index (χ2v) is 11.0. The molecule has 0 radical (unpaired) electrons. The number of rotatable bonds is 7. The van der Waals surface area contributed by atoms with E-state index in [-0.39, 0.29) is 36.3 Å². The van der Waals surface area contributed by atoms with Crippen molar-refractivity contribution in [3.05, 3.63) is 24.3 Å². The number of hydrogen-bond acceptors (Lipinski definition) is 5. The van der Waals surface area contributed by atoms with Crippen LogP contribution in [0.4, 0.5) is 0 Å². The molecule has 3 amide bonds. The molecule has 0 aliphatic carbocycles. The first kappa shape index (κ1) is 25.9. The summed E-state index contributed by atoms with van der Waals surface area (Å²) in [7, 11) is 1.74. The van der Waals surface area contributed by atoms with Gasteiger partial charge in [-0.25, -0.2) is 0 Å². The van der Waals surface area contributed by atoms with Crippen LogP contribution in [-0.2, 0) is 19.1 Å². The number of carbonyl (C=O) groups excluding carboxylic acids is 3. The third kappa shape index (κ3) is 3.67. The maximum atomic E-state index is 14.3. The average Bonchev–Trinajstić information content (AvgIpc) is 3.11. The van der Waals surface area contributed by atoms with Crippen molar-refractivity contribution in [1.29, 1.82) is 0 Å². The highest BCUT2D eigenvalue weighted by Gasteiger charge is 2.76. The summed E-state index contributed by atoms with van der Waals surface area (Å²) in [5.74, 6) is -2.23. The van der Waals surface area contributed by atoms with Crippen LogP contribution in [-0.4, -0.2) is 93.6 Å². The fourth-order valence-electron chi connectivity index (χ4n) is 6.79. The molecule has 0 aromatic rings. The zero-order valence-electron chi connectivity index (χ0n) is 21.9. The van der Waals surface area contributed by atoms with Crippen molar-refractivity contribution in [2.24, 2.45) is 17.8 Å². The Kier molecular flexibility index (Phi) is 6.92. The third-order valence-electron chi connectivity index (χ3n) is 8.66. The number of aliphatic hydroxyl groups is 1. The third-order valence-corrected chi connectivity index (χ3v) is 8.66. The molecule has 2 fully saturated rings. The Balaban J connectivity index is 1.93. The summed E-state index contributed by atoms with van der Waals surface area (Å²) < 4.78 is 6.92. The Hall–Kier alpha value is -2.19. The molecule has 7 atom stereocenters. The molecule has 1 spiro atoms. The van der Waals surface area contributed by atoms with E-state index in [1.54, 1.807) is 16.8 Å². The maximum absolute atomic E-state index is 14.3. The lowest BCUT2D eigenvalue weighted by Gasteiger charge is -2.42. The Morgan fingerprint density at radius 1 is 1.03 bits per heavy atom. The van der Waals surface area contributed by atoms with E-state index in [4.69, 9.17) is 4.74 Å². The Labute approximate surface area is 208 Å². The van der Waals surface area contributed by atoms with Crippen molar-refractivity contribution in [3.8, 4) is 0 Å². The van der Waals surface area contributed by atoms with E-state index in [1.165, 1.54) is 0 Å². The second kappa shape index (κ2) is 9.36.